The van der Waals surface area contributed by atoms with Gasteiger partial charge in [-0.2, -0.15) is 4.98 Å². The first kappa shape index (κ1) is 18.4. The SMILES string of the molecule is COc1ccc(-c2cccn3nc(Nc4ccc(C(=O)N(C)C)nc4)nc23)cc1. The average Bonchev–Trinajstić information content (AvgIpc) is 3.16. The number of fused-ring (bicyclic) bond motifs is 1. The van der Waals surface area contributed by atoms with E-state index in [1.807, 2.05) is 42.6 Å². The molecule has 0 aliphatic carbocycles. The molecule has 0 bridgehead atoms. The first-order valence-electron chi connectivity index (χ1n) is 9.00. The number of rotatable bonds is 5. The summed E-state index contributed by atoms with van der Waals surface area (Å²) in [6.45, 7) is 0. The Labute approximate surface area is 167 Å². The lowest BCUT2D eigenvalue weighted by Gasteiger charge is -2.09. The first-order chi connectivity index (χ1) is 14.0. The molecule has 29 heavy (non-hydrogen) atoms. The molecule has 3 aromatic heterocycles. The molecule has 0 saturated carbocycles. The number of nitrogens with zero attached hydrogens (tertiary/aromatic N) is 5. The number of aromatic nitrogens is 4. The van der Waals surface area contributed by atoms with Crippen molar-refractivity contribution in [2.45, 2.75) is 0 Å². The van der Waals surface area contributed by atoms with Crippen LogP contribution in [0.4, 0.5) is 11.6 Å². The molecule has 8 nitrogen and oxygen atoms in total. The van der Waals surface area contributed by atoms with E-state index in [-0.39, 0.29) is 5.91 Å². The summed E-state index contributed by atoms with van der Waals surface area (Å²) in [6, 6.07) is 15.2. The molecule has 1 aromatic carbocycles. The topological polar surface area (TPSA) is 84.7 Å². The van der Waals surface area contributed by atoms with Gasteiger partial charge in [0.2, 0.25) is 5.95 Å². The van der Waals surface area contributed by atoms with Crippen molar-refractivity contribution < 1.29 is 9.53 Å². The quantitative estimate of drug-likeness (QED) is 0.565. The number of anilines is 2. The van der Waals surface area contributed by atoms with Crippen molar-refractivity contribution in [1.29, 1.82) is 0 Å². The average molecular weight is 388 g/mol. The molecule has 0 radical (unpaired) electrons. The zero-order chi connectivity index (χ0) is 20.4. The van der Waals surface area contributed by atoms with E-state index in [0.717, 1.165) is 22.5 Å². The fourth-order valence-electron chi connectivity index (χ4n) is 2.91. The fraction of sp³-hybridized carbons (Fsp3) is 0.143. The van der Waals surface area contributed by atoms with E-state index < -0.39 is 0 Å². The lowest BCUT2D eigenvalue weighted by molar-refractivity contribution is 0.0822. The van der Waals surface area contributed by atoms with Gasteiger partial charge in [-0.15, -0.1) is 5.10 Å². The summed E-state index contributed by atoms with van der Waals surface area (Å²) in [7, 11) is 5.03. The van der Waals surface area contributed by atoms with Crippen molar-refractivity contribution in [1.82, 2.24) is 24.5 Å². The van der Waals surface area contributed by atoms with Crippen molar-refractivity contribution in [2.24, 2.45) is 0 Å². The molecule has 4 aromatic rings. The first-order valence-corrected chi connectivity index (χ1v) is 9.00. The number of ether oxygens (including phenoxy) is 1. The molecule has 0 fully saturated rings. The van der Waals surface area contributed by atoms with Gasteiger partial charge in [0.1, 0.15) is 11.4 Å². The fourth-order valence-corrected chi connectivity index (χ4v) is 2.91. The Bertz CT molecular complexity index is 1150. The summed E-state index contributed by atoms with van der Waals surface area (Å²) >= 11 is 0. The number of carbonyl (C=O) groups excluding carboxylic acids is 1. The number of pyridine rings is 2. The molecule has 0 aliphatic heterocycles. The largest absolute Gasteiger partial charge is 0.497 e. The van der Waals surface area contributed by atoms with Crippen molar-refractivity contribution in [3.05, 3.63) is 66.6 Å². The maximum absolute atomic E-state index is 12.0. The van der Waals surface area contributed by atoms with Gasteiger partial charge in [0.15, 0.2) is 5.65 Å². The van der Waals surface area contributed by atoms with Crippen molar-refractivity contribution in [2.75, 3.05) is 26.5 Å². The normalized spacial score (nSPS) is 10.7. The smallest absolute Gasteiger partial charge is 0.271 e. The van der Waals surface area contributed by atoms with Gasteiger partial charge in [0, 0.05) is 25.9 Å². The van der Waals surface area contributed by atoms with E-state index in [2.05, 4.69) is 20.4 Å². The molecule has 0 atom stereocenters. The van der Waals surface area contributed by atoms with Gasteiger partial charge in [0.05, 0.1) is 19.0 Å². The van der Waals surface area contributed by atoms with Gasteiger partial charge in [-0.3, -0.25) is 4.79 Å². The van der Waals surface area contributed by atoms with E-state index in [1.54, 1.807) is 44.1 Å². The third-order valence-corrected chi connectivity index (χ3v) is 4.41. The van der Waals surface area contributed by atoms with Gasteiger partial charge in [0.25, 0.3) is 5.91 Å². The summed E-state index contributed by atoms with van der Waals surface area (Å²) in [5.74, 6) is 1.10. The predicted molar refractivity (Wildman–Crippen MR) is 111 cm³/mol. The van der Waals surface area contributed by atoms with E-state index in [0.29, 0.717) is 17.3 Å². The Morgan fingerprint density at radius 3 is 2.55 bits per heavy atom. The van der Waals surface area contributed by atoms with Gasteiger partial charge < -0.3 is 15.0 Å². The van der Waals surface area contributed by atoms with Crippen LogP contribution in [0.1, 0.15) is 10.5 Å². The highest BCUT2D eigenvalue weighted by atomic mass is 16.5. The van der Waals surface area contributed by atoms with Crippen LogP contribution in [0, 0.1) is 0 Å². The van der Waals surface area contributed by atoms with Crippen LogP contribution in [0.25, 0.3) is 16.8 Å². The van der Waals surface area contributed by atoms with Crippen LogP contribution in [0.3, 0.4) is 0 Å². The molecule has 0 unspecified atom stereocenters. The minimum Gasteiger partial charge on any atom is -0.497 e. The van der Waals surface area contributed by atoms with Gasteiger partial charge in [-0.25, -0.2) is 9.50 Å². The second-order valence-electron chi connectivity index (χ2n) is 6.61. The summed E-state index contributed by atoms with van der Waals surface area (Å²) in [4.78, 5) is 22.3. The van der Waals surface area contributed by atoms with Crippen molar-refractivity contribution in [3.63, 3.8) is 0 Å². The zero-order valence-electron chi connectivity index (χ0n) is 16.3. The Morgan fingerprint density at radius 2 is 1.90 bits per heavy atom. The van der Waals surface area contributed by atoms with Gasteiger partial charge >= 0.3 is 0 Å². The van der Waals surface area contributed by atoms with E-state index in [9.17, 15) is 4.79 Å². The molecular formula is C21H20N6O2. The third-order valence-electron chi connectivity index (χ3n) is 4.41. The predicted octanol–water partition coefficient (Wildman–Crippen LogP) is 3.25. The lowest BCUT2D eigenvalue weighted by Crippen LogP contribution is -2.22. The van der Waals surface area contributed by atoms with E-state index >= 15 is 0 Å². The van der Waals surface area contributed by atoms with Crippen molar-refractivity contribution in [3.8, 4) is 16.9 Å². The molecule has 1 amide bonds. The molecule has 8 heteroatoms. The molecule has 0 aliphatic rings. The van der Waals surface area contributed by atoms with Crippen LogP contribution in [0.2, 0.25) is 0 Å². The number of hydrogen-bond donors (Lipinski definition) is 1. The zero-order valence-corrected chi connectivity index (χ0v) is 16.3. The Kier molecular flexibility index (Phi) is 4.82. The number of nitrogens with one attached hydrogen (secondary N) is 1. The number of benzene rings is 1. The molecule has 0 saturated heterocycles. The monoisotopic (exact) mass is 388 g/mol. The summed E-state index contributed by atoms with van der Waals surface area (Å²) in [5, 5.41) is 7.62. The van der Waals surface area contributed by atoms with Crippen LogP contribution in [0.15, 0.2) is 60.9 Å². The van der Waals surface area contributed by atoms with Crippen molar-refractivity contribution >= 4 is 23.2 Å². The number of amides is 1. The van der Waals surface area contributed by atoms with Crippen LogP contribution >= 0.6 is 0 Å². The van der Waals surface area contributed by atoms with E-state index in [4.69, 9.17) is 4.74 Å². The second kappa shape index (κ2) is 7.59. The molecule has 146 valence electrons. The Morgan fingerprint density at radius 1 is 1.10 bits per heavy atom. The van der Waals surface area contributed by atoms with Crippen LogP contribution in [-0.4, -0.2) is 51.6 Å². The maximum atomic E-state index is 12.0. The highest BCUT2D eigenvalue weighted by Gasteiger charge is 2.12. The maximum Gasteiger partial charge on any atom is 0.271 e. The third kappa shape index (κ3) is 3.73. The standard InChI is InChI=1S/C21H20N6O2/c1-26(2)20(28)18-11-8-15(13-22-18)23-21-24-19-17(5-4-12-27(19)25-21)14-6-9-16(29-3)10-7-14/h4-13H,1-3H3,(H,23,25). The highest BCUT2D eigenvalue weighted by Crippen LogP contribution is 2.26. The Balaban J connectivity index is 1.61. The van der Waals surface area contributed by atoms with Crippen LogP contribution in [0.5, 0.6) is 5.75 Å². The minimum absolute atomic E-state index is 0.147. The Hall–Kier alpha value is -3.94. The summed E-state index contributed by atoms with van der Waals surface area (Å²) in [6.07, 6.45) is 3.43. The van der Waals surface area contributed by atoms with Gasteiger partial charge in [-0.05, 0) is 42.0 Å². The summed E-state index contributed by atoms with van der Waals surface area (Å²) in [5.41, 5.74) is 3.78. The number of carbonyl (C=O) groups is 1. The molecule has 1 N–H and O–H groups in total. The number of methoxy groups -OCH3 is 1. The molecular weight excluding hydrogens is 368 g/mol. The lowest BCUT2D eigenvalue weighted by atomic mass is 10.1. The van der Waals surface area contributed by atoms with Crippen LogP contribution < -0.4 is 10.1 Å². The molecule has 3 heterocycles. The summed E-state index contributed by atoms with van der Waals surface area (Å²) < 4.78 is 6.95. The second-order valence-corrected chi connectivity index (χ2v) is 6.61. The van der Waals surface area contributed by atoms with Gasteiger partial charge in [-0.1, -0.05) is 12.1 Å². The highest BCUT2D eigenvalue weighted by molar-refractivity contribution is 5.92. The minimum atomic E-state index is -0.147. The number of hydrogen-bond acceptors (Lipinski definition) is 6. The molecule has 4 rings (SSSR count). The van der Waals surface area contributed by atoms with Crippen LogP contribution in [-0.2, 0) is 0 Å². The van der Waals surface area contributed by atoms with E-state index in [1.165, 1.54) is 4.90 Å². The molecule has 0 spiro atoms.